The predicted molar refractivity (Wildman–Crippen MR) is 75.7 cm³/mol. The second-order valence-electron chi connectivity index (χ2n) is 4.37. The van der Waals surface area contributed by atoms with E-state index in [0.717, 1.165) is 31.7 Å². The zero-order chi connectivity index (χ0) is 14.8. The standard InChI is InChI=1S/C10H23NO4Si.C2H6O/c1-12-10(6-4-8-11)7-5-9-16(13-2,14-3)15-10;1-2-3/h4-9,11H2,1-3H3;3H,2H2,1H3. The summed E-state index contributed by atoms with van der Waals surface area (Å²) in [5.41, 5.74) is 5.53. The van der Waals surface area contributed by atoms with Gasteiger partial charge in [-0.2, -0.15) is 0 Å². The molecule has 0 bridgehead atoms. The molecular formula is C12H29NO5Si. The second-order valence-corrected chi connectivity index (χ2v) is 7.26. The highest BCUT2D eigenvalue weighted by molar-refractivity contribution is 6.60. The molecule has 6 nitrogen and oxygen atoms in total. The summed E-state index contributed by atoms with van der Waals surface area (Å²) in [7, 11) is 2.46. The van der Waals surface area contributed by atoms with Crippen LogP contribution >= 0.6 is 0 Å². The lowest BCUT2D eigenvalue weighted by Gasteiger charge is -2.43. The third-order valence-corrected chi connectivity index (χ3v) is 6.03. The Morgan fingerprint density at radius 3 is 2.32 bits per heavy atom. The van der Waals surface area contributed by atoms with E-state index in [1.54, 1.807) is 28.3 Å². The normalized spacial score (nSPS) is 25.6. The number of methoxy groups -OCH3 is 1. The fraction of sp³-hybridized carbons (Fsp3) is 1.00. The fourth-order valence-corrected chi connectivity index (χ4v) is 4.43. The van der Waals surface area contributed by atoms with Gasteiger partial charge in [0.05, 0.1) is 0 Å². The third kappa shape index (κ3) is 5.86. The van der Waals surface area contributed by atoms with Gasteiger partial charge in [0.2, 0.25) is 0 Å². The van der Waals surface area contributed by atoms with E-state index in [0.29, 0.717) is 6.54 Å². The molecule has 1 heterocycles. The summed E-state index contributed by atoms with van der Waals surface area (Å²) in [5, 5.41) is 7.57. The molecule has 3 N–H and O–H groups in total. The van der Waals surface area contributed by atoms with E-state index in [2.05, 4.69) is 0 Å². The van der Waals surface area contributed by atoms with Gasteiger partial charge in [0.25, 0.3) is 0 Å². The lowest BCUT2D eigenvalue weighted by molar-refractivity contribution is -0.211. The van der Waals surface area contributed by atoms with Crippen molar-refractivity contribution < 1.29 is 23.1 Å². The maximum atomic E-state index is 7.57. The summed E-state index contributed by atoms with van der Waals surface area (Å²) in [6.07, 6.45) is 3.56. The van der Waals surface area contributed by atoms with Crippen molar-refractivity contribution in [2.75, 3.05) is 34.5 Å². The van der Waals surface area contributed by atoms with Crippen LogP contribution in [0.15, 0.2) is 0 Å². The molecule has 1 aliphatic heterocycles. The molecule has 0 saturated carbocycles. The van der Waals surface area contributed by atoms with Gasteiger partial charge in [-0.05, 0) is 26.3 Å². The predicted octanol–water partition coefficient (Wildman–Crippen LogP) is 1.11. The first kappa shape index (κ1) is 19.0. The smallest absolute Gasteiger partial charge is 0.397 e. The minimum atomic E-state index is -2.50. The third-order valence-electron chi connectivity index (χ3n) is 3.14. The summed E-state index contributed by atoms with van der Waals surface area (Å²) < 4.78 is 22.5. The topological polar surface area (TPSA) is 83.2 Å². The molecule has 0 aromatic carbocycles. The van der Waals surface area contributed by atoms with Crippen LogP contribution < -0.4 is 5.73 Å². The summed E-state index contributed by atoms with van der Waals surface area (Å²) in [6, 6.07) is 0.855. The molecule has 1 atom stereocenters. The van der Waals surface area contributed by atoms with Crippen LogP contribution in [0.5, 0.6) is 0 Å². The van der Waals surface area contributed by atoms with E-state index >= 15 is 0 Å². The van der Waals surface area contributed by atoms with E-state index in [1.807, 2.05) is 0 Å². The Kier molecular flexibility index (Phi) is 9.80. The van der Waals surface area contributed by atoms with Crippen LogP contribution in [0.1, 0.15) is 32.6 Å². The first-order valence-electron chi connectivity index (χ1n) is 6.74. The van der Waals surface area contributed by atoms with Gasteiger partial charge in [-0.1, -0.05) is 0 Å². The molecule has 116 valence electrons. The van der Waals surface area contributed by atoms with Gasteiger partial charge in [-0.3, -0.25) is 0 Å². The van der Waals surface area contributed by atoms with Crippen molar-refractivity contribution in [3.05, 3.63) is 0 Å². The molecule has 0 aliphatic carbocycles. The van der Waals surface area contributed by atoms with Crippen LogP contribution in [-0.4, -0.2) is 54.2 Å². The zero-order valence-electron chi connectivity index (χ0n) is 12.6. The number of aliphatic hydroxyl groups is 1. The fourth-order valence-electron chi connectivity index (χ4n) is 2.12. The Hall–Kier alpha value is -0.0231. The van der Waals surface area contributed by atoms with Crippen LogP contribution in [0, 0.1) is 0 Å². The van der Waals surface area contributed by atoms with E-state index in [-0.39, 0.29) is 6.61 Å². The summed E-state index contributed by atoms with van der Waals surface area (Å²) >= 11 is 0. The number of ether oxygens (including phenoxy) is 1. The van der Waals surface area contributed by atoms with Crippen molar-refractivity contribution in [1.82, 2.24) is 0 Å². The van der Waals surface area contributed by atoms with Gasteiger partial charge < -0.3 is 28.9 Å². The zero-order valence-corrected chi connectivity index (χ0v) is 13.6. The first-order chi connectivity index (χ1) is 9.07. The molecule has 1 aliphatic rings. The summed E-state index contributed by atoms with van der Waals surface area (Å²) in [6.45, 7) is 2.57. The van der Waals surface area contributed by atoms with Gasteiger partial charge >= 0.3 is 8.80 Å². The van der Waals surface area contributed by atoms with Crippen LogP contribution in [0.25, 0.3) is 0 Å². The van der Waals surface area contributed by atoms with E-state index in [4.69, 9.17) is 28.9 Å². The summed E-state index contributed by atoms with van der Waals surface area (Å²) in [5.74, 6) is -0.560. The second kappa shape index (κ2) is 9.81. The van der Waals surface area contributed by atoms with Crippen LogP contribution in [0.4, 0.5) is 0 Å². The highest BCUT2D eigenvalue weighted by Gasteiger charge is 2.51. The SMILES string of the molecule is CCO.COC1(CCCN)CCC[Si](OC)(OC)O1. The van der Waals surface area contributed by atoms with Crippen LogP contribution in [0.3, 0.4) is 0 Å². The highest BCUT2D eigenvalue weighted by Crippen LogP contribution is 2.37. The van der Waals surface area contributed by atoms with Crippen molar-refractivity contribution in [2.45, 2.75) is 44.4 Å². The van der Waals surface area contributed by atoms with Gasteiger partial charge in [-0.25, -0.2) is 0 Å². The molecular weight excluding hydrogens is 266 g/mol. The minimum Gasteiger partial charge on any atom is -0.397 e. The largest absolute Gasteiger partial charge is 0.502 e. The Labute approximate surface area is 117 Å². The molecule has 0 aromatic heterocycles. The monoisotopic (exact) mass is 295 g/mol. The molecule has 19 heavy (non-hydrogen) atoms. The Balaban J connectivity index is 0.000000982. The number of hydrogen-bond acceptors (Lipinski definition) is 6. The maximum Gasteiger partial charge on any atom is 0.502 e. The molecule has 0 spiro atoms. The van der Waals surface area contributed by atoms with Crippen molar-refractivity contribution in [2.24, 2.45) is 5.73 Å². The van der Waals surface area contributed by atoms with Gasteiger partial charge in [0.15, 0.2) is 5.79 Å². The molecule has 1 saturated heterocycles. The first-order valence-corrected chi connectivity index (χ1v) is 8.67. The quantitative estimate of drug-likeness (QED) is 0.714. The Morgan fingerprint density at radius 1 is 1.32 bits per heavy atom. The molecule has 1 unspecified atom stereocenters. The van der Waals surface area contributed by atoms with Crippen LogP contribution in [-0.2, 0) is 18.0 Å². The Bertz CT molecular complexity index is 228. The van der Waals surface area contributed by atoms with Crippen molar-refractivity contribution in [1.29, 1.82) is 0 Å². The van der Waals surface area contributed by atoms with Crippen molar-refractivity contribution in [3.8, 4) is 0 Å². The van der Waals surface area contributed by atoms with Gasteiger partial charge in [0, 0.05) is 46.8 Å². The van der Waals surface area contributed by atoms with Crippen molar-refractivity contribution >= 4 is 8.80 Å². The van der Waals surface area contributed by atoms with E-state index in [1.165, 1.54) is 0 Å². The Morgan fingerprint density at radius 2 is 1.89 bits per heavy atom. The number of rotatable bonds is 6. The summed E-state index contributed by atoms with van der Waals surface area (Å²) in [4.78, 5) is 0. The molecule has 1 rings (SSSR count). The minimum absolute atomic E-state index is 0.250. The van der Waals surface area contributed by atoms with E-state index in [9.17, 15) is 0 Å². The lowest BCUT2D eigenvalue weighted by Crippen LogP contribution is -2.56. The highest BCUT2D eigenvalue weighted by atomic mass is 28.4. The number of hydrogen-bond donors (Lipinski definition) is 2. The maximum absolute atomic E-state index is 7.57. The average Bonchev–Trinajstić information content (AvgIpc) is 2.46. The molecule has 0 radical (unpaired) electrons. The lowest BCUT2D eigenvalue weighted by atomic mass is 10.1. The molecule has 0 aromatic rings. The number of nitrogens with two attached hydrogens (primary N) is 1. The van der Waals surface area contributed by atoms with Gasteiger partial charge in [0.1, 0.15) is 0 Å². The van der Waals surface area contributed by atoms with Crippen LogP contribution in [0.2, 0.25) is 6.04 Å². The average molecular weight is 295 g/mol. The molecule has 1 fully saturated rings. The van der Waals surface area contributed by atoms with E-state index < -0.39 is 14.6 Å². The molecule has 7 heteroatoms. The van der Waals surface area contributed by atoms with Gasteiger partial charge in [-0.15, -0.1) is 0 Å². The van der Waals surface area contributed by atoms with Crippen molar-refractivity contribution in [3.63, 3.8) is 0 Å². The molecule has 0 amide bonds. The number of aliphatic hydroxyl groups excluding tert-OH is 1.